The van der Waals surface area contributed by atoms with Gasteiger partial charge >= 0.3 is 0 Å². The van der Waals surface area contributed by atoms with E-state index in [1.165, 1.54) is 18.2 Å². The lowest BCUT2D eigenvalue weighted by molar-refractivity contribution is -0.384. The van der Waals surface area contributed by atoms with Crippen LogP contribution in [0.25, 0.3) is 0 Å². The number of terminal acetylenes is 1. The Morgan fingerprint density at radius 1 is 1.58 bits per heavy atom. The zero-order valence-electron chi connectivity index (χ0n) is 5.95. The van der Waals surface area contributed by atoms with E-state index in [4.69, 9.17) is 18.0 Å². The number of nitro groups is 1. The molecule has 4 heteroatoms. The van der Waals surface area contributed by atoms with Crippen molar-refractivity contribution < 1.29 is 4.92 Å². The molecule has 0 radical (unpaired) electrons. The SMILES string of the molecule is C#Cc1cc([N+](=O)[O-])ccc1Cl. The minimum absolute atomic E-state index is 0.0487. The predicted molar refractivity (Wildman–Crippen MR) is 46.0 cm³/mol. The second-order valence-corrected chi connectivity index (χ2v) is 2.47. The first-order valence-electron chi connectivity index (χ1n) is 3.05. The van der Waals surface area contributed by atoms with Crippen molar-refractivity contribution in [3.63, 3.8) is 0 Å². The molecule has 0 aliphatic heterocycles. The third-order valence-corrected chi connectivity index (χ3v) is 1.65. The van der Waals surface area contributed by atoms with Crippen LogP contribution in [-0.4, -0.2) is 4.92 Å². The van der Waals surface area contributed by atoms with Crippen LogP contribution in [0.3, 0.4) is 0 Å². The summed E-state index contributed by atoms with van der Waals surface area (Å²) >= 11 is 5.64. The molecule has 0 aliphatic rings. The van der Waals surface area contributed by atoms with Crippen LogP contribution in [-0.2, 0) is 0 Å². The number of non-ortho nitro benzene ring substituents is 1. The molecule has 0 N–H and O–H groups in total. The minimum Gasteiger partial charge on any atom is -0.258 e. The Balaban J connectivity index is 3.25. The molecule has 0 heterocycles. The summed E-state index contributed by atoms with van der Waals surface area (Å²) in [6, 6.07) is 3.99. The molecular weight excluding hydrogens is 178 g/mol. The third kappa shape index (κ3) is 1.55. The van der Waals surface area contributed by atoms with Gasteiger partial charge in [0.1, 0.15) is 0 Å². The summed E-state index contributed by atoms with van der Waals surface area (Å²) < 4.78 is 0. The van der Waals surface area contributed by atoms with Gasteiger partial charge in [-0.2, -0.15) is 0 Å². The number of hydrogen-bond donors (Lipinski definition) is 0. The lowest BCUT2D eigenvalue weighted by atomic mass is 10.2. The molecule has 60 valence electrons. The Morgan fingerprint density at radius 3 is 2.75 bits per heavy atom. The van der Waals surface area contributed by atoms with Gasteiger partial charge in [-0.15, -0.1) is 6.42 Å². The highest BCUT2D eigenvalue weighted by Gasteiger charge is 2.07. The van der Waals surface area contributed by atoms with E-state index in [1.807, 2.05) is 0 Å². The molecule has 0 spiro atoms. The van der Waals surface area contributed by atoms with Crippen molar-refractivity contribution in [1.82, 2.24) is 0 Å². The van der Waals surface area contributed by atoms with Gasteiger partial charge in [0.2, 0.25) is 0 Å². The molecule has 0 unspecified atom stereocenters. The highest BCUT2D eigenvalue weighted by molar-refractivity contribution is 6.31. The summed E-state index contributed by atoms with van der Waals surface area (Å²) in [4.78, 5) is 9.76. The molecule has 0 bridgehead atoms. The van der Waals surface area contributed by atoms with Gasteiger partial charge in [-0.1, -0.05) is 17.5 Å². The summed E-state index contributed by atoms with van der Waals surface area (Å²) in [5, 5.41) is 10.6. The maximum Gasteiger partial charge on any atom is 0.270 e. The van der Waals surface area contributed by atoms with Gasteiger partial charge in [-0.3, -0.25) is 10.1 Å². The Morgan fingerprint density at radius 2 is 2.25 bits per heavy atom. The standard InChI is InChI=1S/C8H4ClNO2/c1-2-6-5-7(10(11)12)3-4-8(6)9/h1,3-5H. The van der Waals surface area contributed by atoms with Gasteiger partial charge in [0.25, 0.3) is 5.69 Å². The van der Waals surface area contributed by atoms with Crippen molar-refractivity contribution in [2.75, 3.05) is 0 Å². The number of nitrogens with zero attached hydrogens (tertiary/aromatic N) is 1. The van der Waals surface area contributed by atoms with E-state index in [0.29, 0.717) is 10.6 Å². The smallest absolute Gasteiger partial charge is 0.258 e. The number of halogens is 1. The second kappa shape index (κ2) is 3.24. The van der Waals surface area contributed by atoms with Crippen LogP contribution in [0.2, 0.25) is 5.02 Å². The molecular formula is C8H4ClNO2. The maximum atomic E-state index is 10.3. The summed E-state index contributed by atoms with van der Waals surface area (Å²) in [5.41, 5.74) is 0.290. The van der Waals surface area contributed by atoms with Crippen LogP contribution in [0, 0.1) is 22.5 Å². The fraction of sp³-hybridized carbons (Fsp3) is 0. The van der Waals surface area contributed by atoms with Gasteiger partial charge in [0.05, 0.1) is 9.95 Å². The fourth-order valence-corrected chi connectivity index (χ4v) is 0.910. The van der Waals surface area contributed by atoms with E-state index in [2.05, 4.69) is 5.92 Å². The van der Waals surface area contributed by atoms with Crippen molar-refractivity contribution in [1.29, 1.82) is 0 Å². The molecule has 1 aromatic carbocycles. The van der Waals surface area contributed by atoms with Crippen LogP contribution < -0.4 is 0 Å². The van der Waals surface area contributed by atoms with Crippen LogP contribution >= 0.6 is 11.6 Å². The van der Waals surface area contributed by atoms with Gasteiger partial charge in [-0.25, -0.2) is 0 Å². The molecule has 0 aromatic heterocycles. The molecule has 3 nitrogen and oxygen atoms in total. The normalized spacial score (nSPS) is 9.00. The third-order valence-electron chi connectivity index (χ3n) is 1.32. The molecule has 0 saturated carbocycles. The molecule has 1 rings (SSSR count). The molecule has 0 atom stereocenters. The summed E-state index contributed by atoms with van der Waals surface area (Å²) in [7, 11) is 0. The average Bonchev–Trinajstić information content (AvgIpc) is 2.05. The zero-order valence-corrected chi connectivity index (χ0v) is 6.71. The van der Waals surface area contributed by atoms with Gasteiger partial charge in [-0.05, 0) is 6.07 Å². The van der Waals surface area contributed by atoms with Crippen molar-refractivity contribution in [2.45, 2.75) is 0 Å². The van der Waals surface area contributed by atoms with Crippen molar-refractivity contribution in [2.24, 2.45) is 0 Å². The first kappa shape index (κ1) is 8.57. The summed E-state index contributed by atoms with van der Waals surface area (Å²) in [6.45, 7) is 0. The highest BCUT2D eigenvalue weighted by atomic mass is 35.5. The molecule has 0 fully saturated rings. The number of benzene rings is 1. The zero-order chi connectivity index (χ0) is 9.14. The predicted octanol–water partition coefficient (Wildman–Crippen LogP) is 2.23. The van der Waals surface area contributed by atoms with E-state index in [1.54, 1.807) is 0 Å². The maximum absolute atomic E-state index is 10.3. The van der Waals surface area contributed by atoms with E-state index < -0.39 is 4.92 Å². The van der Waals surface area contributed by atoms with Crippen molar-refractivity contribution >= 4 is 17.3 Å². The lowest BCUT2D eigenvalue weighted by Gasteiger charge is -1.94. The monoisotopic (exact) mass is 181 g/mol. The van der Waals surface area contributed by atoms with E-state index in [-0.39, 0.29) is 5.69 Å². The highest BCUT2D eigenvalue weighted by Crippen LogP contribution is 2.20. The Kier molecular flexibility index (Phi) is 2.32. The first-order chi connectivity index (χ1) is 5.65. The molecule has 1 aromatic rings. The van der Waals surface area contributed by atoms with Crippen LogP contribution in [0.15, 0.2) is 18.2 Å². The number of nitro benzene ring substituents is 1. The molecule has 12 heavy (non-hydrogen) atoms. The second-order valence-electron chi connectivity index (χ2n) is 2.07. The molecule has 0 aliphatic carbocycles. The Labute approximate surface area is 74.1 Å². The van der Waals surface area contributed by atoms with Gasteiger partial charge < -0.3 is 0 Å². The van der Waals surface area contributed by atoms with Crippen molar-refractivity contribution in [3.05, 3.63) is 38.9 Å². The van der Waals surface area contributed by atoms with E-state index in [9.17, 15) is 10.1 Å². The van der Waals surface area contributed by atoms with Crippen LogP contribution in [0.1, 0.15) is 5.56 Å². The average molecular weight is 182 g/mol. The summed E-state index contributed by atoms with van der Waals surface area (Å²) in [5.74, 6) is 2.25. The topological polar surface area (TPSA) is 43.1 Å². The quantitative estimate of drug-likeness (QED) is 0.379. The van der Waals surface area contributed by atoms with Crippen LogP contribution in [0.5, 0.6) is 0 Å². The van der Waals surface area contributed by atoms with Crippen LogP contribution in [0.4, 0.5) is 5.69 Å². The molecule has 0 amide bonds. The van der Waals surface area contributed by atoms with E-state index in [0.717, 1.165) is 0 Å². The Bertz CT molecular complexity index is 368. The van der Waals surface area contributed by atoms with Gasteiger partial charge in [0.15, 0.2) is 0 Å². The molecule has 0 saturated heterocycles. The van der Waals surface area contributed by atoms with Crippen molar-refractivity contribution in [3.8, 4) is 12.3 Å². The largest absolute Gasteiger partial charge is 0.270 e. The van der Waals surface area contributed by atoms with E-state index >= 15 is 0 Å². The fourth-order valence-electron chi connectivity index (χ4n) is 0.737. The minimum atomic E-state index is -0.517. The number of rotatable bonds is 1. The first-order valence-corrected chi connectivity index (χ1v) is 3.43. The Hall–Kier alpha value is -1.53. The number of hydrogen-bond acceptors (Lipinski definition) is 2. The van der Waals surface area contributed by atoms with Gasteiger partial charge in [0, 0.05) is 17.7 Å². The lowest BCUT2D eigenvalue weighted by Crippen LogP contribution is -1.88. The summed E-state index contributed by atoms with van der Waals surface area (Å²) in [6.07, 6.45) is 5.06.